The van der Waals surface area contributed by atoms with Crippen molar-refractivity contribution in [2.24, 2.45) is 4.99 Å². The summed E-state index contributed by atoms with van der Waals surface area (Å²) in [5, 5.41) is 5.61. The number of aliphatic imine (C=N–C) groups is 1. The number of nitrogens with zero attached hydrogens (tertiary/aromatic N) is 1. The van der Waals surface area contributed by atoms with Gasteiger partial charge < -0.3 is 20.1 Å². The molecule has 2 rings (SSSR count). The maximum absolute atomic E-state index is 12.2. The lowest BCUT2D eigenvalue weighted by molar-refractivity contribution is -0.132. The van der Waals surface area contributed by atoms with E-state index in [9.17, 15) is 13.2 Å². The van der Waals surface area contributed by atoms with Gasteiger partial charge in [0.1, 0.15) is 6.61 Å². The van der Waals surface area contributed by atoms with Crippen LogP contribution in [-0.2, 0) is 13.2 Å². The molecular weight excluding hydrogens is 371 g/mol. The molecule has 2 N–H and O–H groups in total. The summed E-state index contributed by atoms with van der Waals surface area (Å²) in [5.41, 5.74) is 1.92. The summed E-state index contributed by atoms with van der Waals surface area (Å²) in [6.07, 6.45) is -5.12. The molecule has 0 radical (unpaired) electrons. The summed E-state index contributed by atoms with van der Waals surface area (Å²) >= 11 is 0. The molecule has 152 valence electrons. The molecule has 0 aliphatic heterocycles. The van der Waals surface area contributed by atoms with Gasteiger partial charge in [-0.2, -0.15) is 13.2 Å². The Hall–Kier alpha value is -2.90. The van der Waals surface area contributed by atoms with E-state index in [2.05, 4.69) is 15.6 Å². The van der Waals surface area contributed by atoms with E-state index in [0.29, 0.717) is 30.6 Å². The Morgan fingerprint density at radius 3 is 2.39 bits per heavy atom. The number of nitrogens with one attached hydrogen (secondary N) is 2. The molecule has 0 amide bonds. The average molecular weight is 395 g/mol. The van der Waals surface area contributed by atoms with E-state index in [4.69, 9.17) is 9.47 Å². The van der Waals surface area contributed by atoms with Gasteiger partial charge in [-0.15, -0.1) is 0 Å². The lowest BCUT2D eigenvalue weighted by Crippen LogP contribution is -2.38. The number of guanidine groups is 1. The SMILES string of the molecule is CN=C(NCCC(F)(F)F)NCc1ccc(OCc2ccccc2)c(OC)c1. The molecule has 0 saturated heterocycles. The molecule has 2 aromatic rings. The molecule has 0 aliphatic rings. The van der Waals surface area contributed by atoms with Gasteiger partial charge in [-0.1, -0.05) is 36.4 Å². The van der Waals surface area contributed by atoms with Crippen molar-refractivity contribution in [3.05, 3.63) is 59.7 Å². The van der Waals surface area contributed by atoms with Crippen molar-refractivity contribution in [1.82, 2.24) is 10.6 Å². The smallest absolute Gasteiger partial charge is 0.390 e. The van der Waals surface area contributed by atoms with Gasteiger partial charge in [0, 0.05) is 20.1 Å². The zero-order valence-corrected chi connectivity index (χ0v) is 15.8. The highest BCUT2D eigenvalue weighted by Crippen LogP contribution is 2.28. The van der Waals surface area contributed by atoms with E-state index < -0.39 is 12.6 Å². The Labute approximate surface area is 162 Å². The molecule has 0 aliphatic carbocycles. The fourth-order valence-electron chi connectivity index (χ4n) is 2.41. The zero-order chi connectivity index (χ0) is 20.4. The Kier molecular flexibility index (Phi) is 7.98. The number of rotatable bonds is 8. The lowest BCUT2D eigenvalue weighted by Gasteiger charge is -2.15. The van der Waals surface area contributed by atoms with Crippen LogP contribution in [-0.4, -0.2) is 32.8 Å². The summed E-state index contributed by atoms with van der Waals surface area (Å²) in [7, 11) is 3.06. The van der Waals surface area contributed by atoms with E-state index in [-0.39, 0.29) is 6.54 Å². The van der Waals surface area contributed by atoms with Crippen LogP contribution in [0.3, 0.4) is 0 Å². The second-order valence-electron chi connectivity index (χ2n) is 5.98. The Balaban J connectivity index is 1.90. The fraction of sp³-hybridized carbons (Fsp3) is 0.350. The van der Waals surface area contributed by atoms with Crippen molar-refractivity contribution >= 4 is 5.96 Å². The second-order valence-corrected chi connectivity index (χ2v) is 5.98. The first kappa shape index (κ1) is 21.4. The normalized spacial score (nSPS) is 11.8. The van der Waals surface area contributed by atoms with Gasteiger partial charge in [0.05, 0.1) is 13.5 Å². The summed E-state index contributed by atoms with van der Waals surface area (Å²) in [6, 6.07) is 15.3. The van der Waals surface area contributed by atoms with Gasteiger partial charge in [-0.05, 0) is 23.3 Å². The van der Waals surface area contributed by atoms with Gasteiger partial charge in [-0.25, -0.2) is 0 Å². The highest BCUT2D eigenvalue weighted by Gasteiger charge is 2.26. The molecule has 0 fully saturated rings. The highest BCUT2D eigenvalue weighted by molar-refractivity contribution is 5.79. The predicted octanol–water partition coefficient (Wildman–Crippen LogP) is 3.89. The molecule has 0 atom stereocenters. The minimum absolute atomic E-state index is 0.237. The minimum atomic E-state index is -4.20. The van der Waals surface area contributed by atoms with Crippen molar-refractivity contribution in [3.63, 3.8) is 0 Å². The van der Waals surface area contributed by atoms with E-state index >= 15 is 0 Å². The number of methoxy groups -OCH3 is 1. The first-order valence-corrected chi connectivity index (χ1v) is 8.76. The summed E-state index contributed by atoms with van der Waals surface area (Å²) in [5.74, 6) is 1.49. The third kappa shape index (κ3) is 7.38. The number of halogens is 3. The first-order valence-electron chi connectivity index (χ1n) is 8.76. The van der Waals surface area contributed by atoms with Crippen molar-refractivity contribution < 1.29 is 22.6 Å². The molecule has 5 nitrogen and oxygen atoms in total. The van der Waals surface area contributed by atoms with E-state index in [1.807, 2.05) is 42.5 Å². The van der Waals surface area contributed by atoms with Crippen molar-refractivity contribution in [2.45, 2.75) is 25.7 Å². The van der Waals surface area contributed by atoms with Gasteiger partial charge in [-0.3, -0.25) is 4.99 Å². The number of hydrogen-bond acceptors (Lipinski definition) is 3. The summed E-state index contributed by atoms with van der Waals surface area (Å²) < 4.78 is 47.9. The molecule has 0 spiro atoms. The Morgan fingerprint density at radius 2 is 1.75 bits per heavy atom. The number of ether oxygens (including phenoxy) is 2. The average Bonchev–Trinajstić information content (AvgIpc) is 2.69. The number of benzene rings is 2. The van der Waals surface area contributed by atoms with Crippen molar-refractivity contribution in [1.29, 1.82) is 0 Å². The van der Waals surface area contributed by atoms with Crippen molar-refractivity contribution in [2.75, 3.05) is 20.7 Å². The topological polar surface area (TPSA) is 54.9 Å². The van der Waals surface area contributed by atoms with Crippen molar-refractivity contribution in [3.8, 4) is 11.5 Å². The van der Waals surface area contributed by atoms with Crippen LogP contribution in [0.2, 0.25) is 0 Å². The lowest BCUT2D eigenvalue weighted by atomic mass is 10.2. The fourth-order valence-corrected chi connectivity index (χ4v) is 2.41. The standard InChI is InChI=1S/C20H24F3N3O2/c1-24-19(25-11-10-20(21,22)23)26-13-16-8-9-17(18(12-16)27-2)28-14-15-6-4-3-5-7-15/h3-9,12H,10-11,13-14H2,1-2H3,(H2,24,25,26). The third-order valence-electron chi connectivity index (χ3n) is 3.85. The van der Waals surface area contributed by atoms with Gasteiger partial charge in [0.25, 0.3) is 0 Å². The minimum Gasteiger partial charge on any atom is -0.493 e. The molecule has 0 aromatic heterocycles. The highest BCUT2D eigenvalue weighted by atomic mass is 19.4. The Morgan fingerprint density at radius 1 is 1.00 bits per heavy atom. The van der Waals surface area contributed by atoms with Gasteiger partial charge >= 0.3 is 6.18 Å². The van der Waals surface area contributed by atoms with E-state index in [1.54, 1.807) is 13.2 Å². The molecule has 8 heteroatoms. The monoisotopic (exact) mass is 395 g/mol. The second kappa shape index (κ2) is 10.4. The van der Waals surface area contributed by atoms with Gasteiger partial charge in [0.2, 0.25) is 0 Å². The summed E-state index contributed by atoms with van der Waals surface area (Å²) in [4.78, 5) is 3.92. The van der Waals surface area contributed by atoms with Crippen LogP contribution in [0.15, 0.2) is 53.5 Å². The molecule has 2 aromatic carbocycles. The quantitative estimate of drug-likeness (QED) is 0.526. The molecule has 0 saturated carbocycles. The van der Waals surface area contributed by atoms with Gasteiger partial charge in [0.15, 0.2) is 17.5 Å². The molecular formula is C20H24F3N3O2. The van der Waals surface area contributed by atoms with Crippen LogP contribution in [0.4, 0.5) is 13.2 Å². The molecule has 0 unspecified atom stereocenters. The van der Waals surface area contributed by atoms with Crippen LogP contribution in [0.5, 0.6) is 11.5 Å². The molecule has 28 heavy (non-hydrogen) atoms. The van der Waals surface area contributed by atoms with Crippen LogP contribution >= 0.6 is 0 Å². The maximum Gasteiger partial charge on any atom is 0.390 e. The van der Waals surface area contributed by atoms with Crippen LogP contribution < -0.4 is 20.1 Å². The van der Waals surface area contributed by atoms with E-state index in [1.165, 1.54) is 7.05 Å². The van der Waals surface area contributed by atoms with Crippen LogP contribution in [0.25, 0.3) is 0 Å². The van der Waals surface area contributed by atoms with E-state index in [0.717, 1.165) is 11.1 Å². The molecule has 0 bridgehead atoms. The van der Waals surface area contributed by atoms with Crippen LogP contribution in [0, 0.1) is 0 Å². The van der Waals surface area contributed by atoms with Crippen LogP contribution in [0.1, 0.15) is 17.5 Å². The third-order valence-corrected chi connectivity index (χ3v) is 3.85. The Bertz CT molecular complexity index is 765. The summed E-state index contributed by atoms with van der Waals surface area (Å²) in [6.45, 7) is 0.560. The first-order chi connectivity index (χ1) is 13.4. The molecule has 0 heterocycles. The number of alkyl halides is 3. The number of hydrogen-bond donors (Lipinski definition) is 2. The zero-order valence-electron chi connectivity index (χ0n) is 15.8. The maximum atomic E-state index is 12.2. The largest absolute Gasteiger partial charge is 0.493 e. The predicted molar refractivity (Wildman–Crippen MR) is 103 cm³/mol.